The van der Waals surface area contributed by atoms with E-state index in [-0.39, 0.29) is 0 Å². The quantitative estimate of drug-likeness (QED) is 0.782. The van der Waals surface area contributed by atoms with Gasteiger partial charge in [-0.05, 0) is 36.1 Å². The molecule has 4 nitrogen and oxygen atoms in total. The van der Waals surface area contributed by atoms with Crippen molar-refractivity contribution in [1.82, 2.24) is 0 Å². The predicted octanol–water partition coefficient (Wildman–Crippen LogP) is 2.22. The SMILES string of the molecule is CCc1cc(N)cc(CC)c1N1C=NC(=N)C1. The van der Waals surface area contributed by atoms with Crippen molar-refractivity contribution in [1.29, 1.82) is 5.41 Å². The molecule has 0 saturated heterocycles. The standard InChI is InChI=1S/C13H18N4/c1-3-9-5-11(14)6-10(4-2)13(9)17-7-12(15)16-8-17/h5-6,8,15H,3-4,7,14H2,1-2H3. The summed E-state index contributed by atoms with van der Waals surface area (Å²) in [5.41, 5.74) is 10.4. The molecule has 0 saturated carbocycles. The van der Waals surface area contributed by atoms with Crippen LogP contribution in [0.15, 0.2) is 17.1 Å². The van der Waals surface area contributed by atoms with Crippen LogP contribution < -0.4 is 10.6 Å². The second kappa shape index (κ2) is 4.57. The van der Waals surface area contributed by atoms with Crippen molar-refractivity contribution in [3.8, 4) is 0 Å². The van der Waals surface area contributed by atoms with Gasteiger partial charge in [0.2, 0.25) is 0 Å². The number of benzene rings is 1. The Morgan fingerprint density at radius 1 is 1.29 bits per heavy atom. The highest BCUT2D eigenvalue weighted by atomic mass is 15.2. The van der Waals surface area contributed by atoms with Crippen molar-refractivity contribution >= 4 is 23.5 Å². The molecule has 4 heteroatoms. The first kappa shape index (κ1) is 11.6. The van der Waals surface area contributed by atoms with Gasteiger partial charge < -0.3 is 10.6 Å². The van der Waals surface area contributed by atoms with Crippen molar-refractivity contribution in [3.05, 3.63) is 23.3 Å². The van der Waals surface area contributed by atoms with Crippen LogP contribution in [0, 0.1) is 5.41 Å². The van der Waals surface area contributed by atoms with Crippen LogP contribution in [-0.2, 0) is 12.8 Å². The zero-order valence-corrected chi connectivity index (χ0v) is 10.3. The van der Waals surface area contributed by atoms with E-state index in [1.165, 1.54) is 16.8 Å². The van der Waals surface area contributed by atoms with E-state index in [1.54, 1.807) is 6.34 Å². The summed E-state index contributed by atoms with van der Waals surface area (Å²) in [5.74, 6) is 0.408. The van der Waals surface area contributed by atoms with Crippen LogP contribution in [0.2, 0.25) is 0 Å². The van der Waals surface area contributed by atoms with Gasteiger partial charge in [0, 0.05) is 11.4 Å². The average Bonchev–Trinajstić information content (AvgIpc) is 2.74. The fourth-order valence-corrected chi connectivity index (χ4v) is 2.21. The molecule has 2 rings (SSSR count). The molecule has 0 aromatic heterocycles. The number of rotatable bonds is 3. The Balaban J connectivity index is 2.50. The van der Waals surface area contributed by atoms with Crippen molar-refractivity contribution < 1.29 is 0 Å². The first-order valence-corrected chi connectivity index (χ1v) is 5.95. The summed E-state index contributed by atoms with van der Waals surface area (Å²) in [5, 5.41) is 7.56. The number of anilines is 2. The van der Waals surface area contributed by atoms with Crippen LogP contribution in [0.3, 0.4) is 0 Å². The highest BCUT2D eigenvalue weighted by molar-refractivity contribution is 6.04. The van der Waals surface area contributed by atoms with E-state index in [0.717, 1.165) is 18.5 Å². The number of amidine groups is 1. The van der Waals surface area contributed by atoms with E-state index >= 15 is 0 Å². The van der Waals surface area contributed by atoms with Gasteiger partial charge in [-0.15, -0.1) is 0 Å². The first-order valence-electron chi connectivity index (χ1n) is 5.95. The number of nitrogen functional groups attached to an aromatic ring is 1. The highest BCUT2D eigenvalue weighted by Gasteiger charge is 2.18. The molecule has 1 aromatic rings. The molecule has 17 heavy (non-hydrogen) atoms. The molecule has 1 aromatic carbocycles. The molecule has 1 aliphatic heterocycles. The molecule has 1 aliphatic rings. The van der Waals surface area contributed by atoms with Crippen LogP contribution in [0.25, 0.3) is 0 Å². The number of nitrogens with zero attached hydrogens (tertiary/aromatic N) is 2. The molecule has 90 valence electrons. The summed E-state index contributed by atoms with van der Waals surface area (Å²) < 4.78 is 0. The van der Waals surface area contributed by atoms with Gasteiger partial charge in [-0.25, -0.2) is 4.99 Å². The summed E-state index contributed by atoms with van der Waals surface area (Å²) >= 11 is 0. The number of nitrogens with one attached hydrogen (secondary N) is 1. The fourth-order valence-electron chi connectivity index (χ4n) is 2.21. The summed E-state index contributed by atoms with van der Waals surface area (Å²) in [6.07, 6.45) is 3.61. The van der Waals surface area contributed by atoms with Gasteiger partial charge in [0.15, 0.2) is 0 Å². The lowest BCUT2D eigenvalue weighted by atomic mass is 10.0. The molecule has 0 aliphatic carbocycles. The predicted molar refractivity (Wildman–Crippen MR) is 73.2 cm³/mol. The molecular weight excluding hydrogens is 212 g/mol. The topological polar surface area (TPSA) is 65.5 Å². The summed E-state index contributed by atoms with van der Waals surface area (Å²) in [6.45, 7) is 4.80. The molecule has 0 fully saturated rings. The minimum absolute atomic E-state index is 0.408. The second-order valence-corrected chi connectivity index (χ2v) is 4.21. The maximum Gasteiger partial charge on any atom is 0.142 e. The van der Waals surface area contributed by atoms with Crippen LogP contribution in [0.5, 0.6) is 0 Å². The average molecular weight is 230 g/mol. The number of aryl methyl sites for hydroxylation is 2. The van der Waals surface area contributed by atoms with E-state index in [9.17, 15) is 0 Å². The van der Waals surface area contributed by atoms with Crippen LogP contribution >= 0.6 is 0 Å². The molecule has 0 atom stereocenters. The number of hydrogen-bond donors (Lipinski definition) is 2. The van der Waals surface area contributed by atoms with Crippen molar-refractivity contribution in [2.45, 2.75) is 26.7 Å². The third-order valence-electron chi connectivity index (χ3n) is 3.01. The number of nitrogens with two attached hydrogens (primary N) is 1. The van der Waals surface area contributed by atoms with Gasteiger partial charge >= 0.3 is 0 Å². The minimum Gasteiger partial charge on any atom is -0.399 e. The first-order chi connectivity index (χ1) is 8.15. The minimum atomic E-state index is 0.408. The zero-order valence-electron chi connectivity index (χ0n) is 10.3. The van der Waals surface area contributed by atoms with Crippen molar-refractivity contribution in [2.75, 3.05) is 17.2 Å². The highest BCUT2D eigenvalue weighted by Crippen LogP contribution is 2.30. The monoisotopic (exact) mass is 230 g/mol. The molecule has 0 bridgehead atoms. The zero-order chi connectivity index (χ0) is 12.4. The lowest BCUT2D eigenvalue weighted by molar-refractivity contribution is 1.05. The lowest BCUT2D eigenvalue weighted by Crippen LogP contribution is -2.23. The van der Waals surface area contributed by atoms with Crippen molar-refractivity contribution in [2.24, 2.45) is 4.99 Å². The molecular formula is C13H18N4. The Kier molecular flexibility index (Phi) is 3.13. The molecule has 0 spiro atoms. The third-order valence-corrected chi connectivity index (χ3v) is 3.01. The van der Waals surface area contributed by atoms with Crippen LogP contribution in [0.1, 0.15) is 25.0 Å². The summed E-state index contributed by atoms with van der Waals surface area (Å²) in [6, 6.07) is 4.04. The van der Waals surface area contributed by atoms with E-state index < -0.39 is 0 Å². The van der Waals surface area contributed by atoms with Gasteiger partial charge in [0.1, 0.15) is 5.84 Å². The molecule has 0 amide bonds. The van der Waals surface area contributed by atoms with Gasteiger partial charge in [-0.2, -0.15) is 0 Å². The van der Waals surface area contributed by atoms with E-state index in [2.05, 4.69) is 18.8 Å². The maximum absolute atomic E-state index is 7.56. The Bertz CT molecular complexity index is 451. The second-order valence-electron chi connectivity index (χ2n) is 4.21. The van der Waals surface area contributed by atoms with Gasteiger partial charge in [-0.3, -0.25) is 5.41 Å². The fraction of sp³-hybridized carbons (Fsp3) is 0.385. The van der Waals surface area contributed by atoms with E-state index in [4.69, 9.17) is 11.1 Å². The Hall–Kier alpha value is -1.84. The molecule has 0 unspecified atom stereocenters. The molecule has 1 heterocycles. The molecule has 0 radical (unpaired) electrons. The van der Waals surface area contributed by atoms with Gasteiger partial charge in [0.25, 0.3) is 0 Å². The number of hydrogen-bond acceptors (Lipinski definition) is 3. The largest absolute Gasteiger partial charge is 0.399 e. The summed E-state index contributed by atoms with van der Waals surface area (Å²) in [4.78, 5) is 6.06. The Labute approximate surface area is 102 Å². The third kappa shape index (κ3) is 2.16. The Morgan fingerprint density at radius 2 is 1.88 bits per heavy atom. The van der Waals surface area contributed by atoms with E-state index in [0.29, 0.717) is 12.4 Å². The van der Waals surface area contributed by atoms with Gasteiger partial charge in [-0.1, -0.05) is 13.8 Å². The van der Waals surface area contributed by atoms with E-state index in [1.807, 2.05) is 17.0 Å². The smallest absolute Gasteiger partial charge is 0.142 e. The van der Waals surface area contributed by atoms with Gasteiger partial charge in [0.05, 0.1) is 12.9 Å². The lowest BCUT2D eigenvalue weighted by Gasteiger charge is -2.22. The summed E-state index contributed by atoms with van der Waals surface area (Å²) in [7, 11) is 0. The molecule has 3 N–H and O–H groups in total. The van der Waals surface area contributed by atoms with Crippen molar-refractivity contribution in [3.63, 3.8) is 0 Å². The Morgan fingerprint density at radius 3 is 2.29 bits per heavy atom. The van der Waals surface area contributed by atoms with Crippen LogP contribution in [-0.4, -0.2) is 18.7 Å². The normalized spacial score (nSPS) is 14.7. The maximum atomic E-state index is 7.56. The number of aliphatic imine (C=N–C) groups is 1. The van der Waals surface area contributed by atoms with Crippen LogP contribution in [0.4, 0.5) is 11.4 Å².